The van der Waals surface area contributed by atoms with Crippen LogP contribution in [0.4, 0.5) is 0 Å². The topological polar surface area (TPSA) is 24.9 Å². The summed E-state index contributed by atoms with van der Waals surface area (Å²) >= 11 is 1.70. The molecule has 1 N–H and O–H groups in total. The number of rotatable bonds is 2. The van der Waals surface area contributed by atoms with Crippen molar-refractivity contribution in [3.05, 3.63) is 16.1 Å². The van der Waals surface area contributed by atoms with Crippen LogP contribution in [-0.4, -0.2) is 12.0 Å². The molecule has 2 nitrogen and oxygen atoms in total. The molecule has 0 unspecified atom stereocenters. The van der Waals surface area contributed by atoms with Crippen LogP contribution >= 0.6 is 11.3 Å². The lowest BCUT2D eigenvalue weighted by Crippen LogP contribution is -2.04. The molecule has 0 amide bonds. The van der Waals surface area contributed by atoms with Crippen LogP contribution in [0.15, 0.2) is 5.51 Å². The van der Waals surface area contributed by atoms with Crippen LogP contribution in [0.3, 0.4) is 0 Å². The highest BCUT2D eigenvalue weighted by Gasteiger charge is 1.96. The summed E-state index contributed by atoms with van der Waals surface area (Å²) in [7, 11) is 1.94. The van der Waals surface area contributed by atoms with Gasteiger partial charge in [0.25, 0.3) is 0 Å². The molecular formula is C6H10N2S. The minimum absolute atomic E-state index is 0.941. The van der Waals surface area contributed by atoms with Crippen molar-refractivity contribution >= 4 is 11.3 Å². The van der Waals surface area contributed by atoms with Gasteiger partial charge in [-0.1, -0.05) is 0 Å². The third kappa shape index (κ3) is 1.50. The van der Waals surface area contributed by atoms with Crippen molar-refractivity contribution < 1.29 is 0 Å². The van der Waals surface area contributed by atoms with Gasteiger partial charge in [-0.2, -0.15) is 0 Å². The normalized spacial score (nSPS) is 10.0. The summed E-state index contributed by atoms with van der Waals surface area (Å²) in [5.74, 6) is 0. The van der Waals surface area contributed by atoms with E-state index in [0.717, 1.165) is 12.2 Å². The Labute approximate surface area is 58.9 Å². The summed E-state index contributed by atoms with van der Waals surface area (Å²) in [6.07, 6.45) is 0. The summed E-state index contributed by atoms with van der Waals surface area (Å²) in [6.45, 7) is 2.97. The maximum Gasteiger partial charge on any atom is 0.0798 e. The van der Waals surface area contributed by atoms with Crippen molar-refractivity contribution in [3.63, 3.8) is 0 Å². The predicted octanol–water partition coefficient (Wildman–Crippen LogP) is 1.17. The number of nitrogens with one attached hydrogen (secondary N) is 1. The van der Waals surface area contributed by atoms with E-state index in [2.05, 4.69) is 10.3 Å². The largest absolute Gasteiger partial charge is 0.315 e. The van der Waals surface area contributed by atoms with Crippen LogP contribution in [0.2, 0.25) is 0 Å². The van der Waals surface area contributed by atoms with Crippen LogP contribution in [0.25, 0.3) is 0 Å². The van der Waals surface area contributed by atoms with E-state index in [9.17, 15) is 0 Å². The van der Waals surface area contributed by atoms with E-state index in [1.807, 2.05) is 19.5 Å². The van der Waals surface area contributed by atoms with Gasteiger partial charge in [0.15, 0.2) is 0 Å². The number of hydrogen-bond donors (Lipinski definition) is 1. The highest BCUT2D eigenvalue weighted by molar-refractivity contribution is 7.09. The quantitative estimate of drug-likeness (QED) is 0.670. The van der Waals surface area contributed by atoms with Crippen LogP contribution in [0.1, 0.15) is 10.6 Å². The molecule has 1 aromatic heterocycles. The molecule has 0 bridgehead atoms. The fourth-order valence-electron chi connectivity index (χ4n) is 0.656. The van der Waals surface area contributed by atoms with Crippen molar-refractivity contribution in [2.45, 2.75) is 13.5 Å². The summed E-state index contributed by atoms with van der Waals surface area (Å²) in [4.78, 5) is 5.44. The highest BCUT2D eigenvalue weighted by Crippen LogP contribution is 2.10. The number of hydrogen-bond acceptors (Lipinski definition) is 3. The fourth-order valence-corrected chi connectivity index (χ4v) is 1.45. The van der Waals surface area contributed by atoms with Gasteiger partial charge in [0.2, 0.25) is 0 Å². The second-order valence-electron chi connectivity index (χ2n) is 1.89. The average Bonchev–Trinajstić information content (AvgIpc) is 2.18. The molecule has 0 fully saturated rings. The minimum Gasteiger partial charge on any atom is -0.315 e. The Hall–Kier alpha value is -0.410. The molecule has 0 saturated heterocycles. The lowest BCUT2D eigenvalue weighted by atomic mass is 10.4. The van der Waals surface area contributed by atoms with Crippen molar-refractivity contribution in [1.29, 1.82) is 0 Å². The van der Waals surface area contributed by atoms with Crippen LogP contribution in [-0.2, 0) is 6.54 Å². The minimum atomic E-state index is 0.941. The SMILES string of the molecule is CNCc1scnc1C. The molecule has 50 valence electrons. The summed E-state index contributed by atoms with van der Waals surface area (Å²) in [5.41, 5.74) is 3.02. The third-order valence-corrected chi connectivity index (χ3v) is 2.12. The van der Waals surface area contributed by atoms with E-state index in [0.29, 0.717) is 0 Å². The monoisotopic (exact) mass is 142 g/mol. The molecule has 3 heteroatoms. The molecule has 0 saturated carbocycles. The van der Waals surface area contributed by atoms with Gasteiger partial charge in [-0.3, -0.25) is 0 Å². The molecule has 0 atom stereocenters. The van der Waals surface area contributed by atoms with Crippen LogP contribution in [0, 0.1) is 6.92 Å². The Balaban J connectivity index is 2.69. The lowest BCUT2D eigenvalue weighted by Gasteiger charge is -1.93. The summed E-state index contributed by atoms with van der Waals surface area (Å²) in [6, 6.07) is 0. The van der Waals surface area contributed by atoms with Crippen molar-refractivity contribution in [1.82, 2.24) is 10.3 Å². The number of aromatic nitrogens is 1. The first-order valence-corrected chi connectivity index (χ1v) is 3.76. The van der Waals surface area contributed by atoms with E-state index in [-0.39, 0.29) is 0 Å². The molecule has 0 aliphatic carbocycles. The maximum atomic E-state index is 4.11. The zero-order chi connectivity index (χ0) is 6.69. The molecule has 0 radical (unpaired) electrons. The van der Waals surface area contributed by atoms with Crippen molar-refractivity contribution in [3.8, 4) is 0 Å². The smallest absolute Gasteiger partial charge is 0.0798 e. The zero-order valence-corrected chi connectivity index (χ0v) is 6.46. The Morgan fingerprint density at radius 2 is 2.56 bits per heavy atom. The van der Waals surface area contributed by atoms with Crippen LogP contribution < -0.4 is 5.32 Å². The van der Waals surface area contributed by atoms with Crippen molar-refractivity contribution in [2.75, 3.05) is 7.05 Å². The molecular weight excluding hydrogens is 132 g/mol. The molecule has 0 aliphatic rings. The first kappa shape index (κ1) is 6.71. The van der Waals surface area contributed by atoms with E-state index in [1.54, 1.807) is 11.3 Å². The standard InChI is InChI=1S/C6H10N2S/c1-5-6(3-7-2)9-4-8-5/h4,7H,3H2,1-2H3. The Bertz CT molecular complexity index is 183. The molecule has 0 spiro atoms. The molecule has 1 aromatic rings. The second kappa shape index (κ2) is 2.94. The van der Waals surface area contributed by atoms with Gasteiger partial charge in [-0.05, 0) is 14.0 Å². The number of aryl methyl sites for hydroxylation is 1. The molecule has 9 heavy (non-hydrogen) atoms. The molecule has 1 heterocycles. The molecule has 1 rings (SSSR count). The van der Waals surface area contributed by atoms with E-state index in [4.69, 9.17) is 0 Å². The highest BCUT2D eigenvalue weighted by atomic mass is 32.1. The third-order valence-electron chi connectivity index (χ3n) is 1.18. The molecule has 0 aliphatic heterocycles. The zero-order valence-electron chi connectivity index (χ0n) is 5.64. The van der Waals surface area contributed by atoms with Gasteiger partial charge in [0.05, 0.1) is 11.2 Å². The Morgan fingerprint density at radius 3 is 3.00 bits per heavy atom. The summed E-state index contributed by atoms with van der Waals surface area (Å²) in [5, 5.41) is 3.08. The van der Waals surface area contributed by atoms with Gasteiger partial charge in [-0.15, -0.1) is 11.3 Å². The van der Waals surface area contributed by atoms with Gasteiger partial charge >= 0.3 is 0 Å². The van der Waals surface area contributed by atoms with Crippen LogP contribution in [0.5, 0.6) is 0 Å². The first-order chi connectivity index (χ1) is 4.34. The van der Waals surface area contributed by atoms with E-state index >= 15 is 0 Å². The van der Waals surface area contributed by atoms with E-state index < -0.39 is 0 Å². The average molecular weight is 142 g/mol. The second-order valence-corrected chi connectivity index (χ2v) is 2.83. The van der Waals surface area contributed by atoms with Gasteiger partial charge < -0.3 is 5.32 Å². The Kier molecular flexibility index (Phi) is 2.19. The van der Waals surface area contributed by atoms with Gasteiger partial charge in [-0.25, -0.2) is 4.98 Å². The van der Waals surface area contributed by atoms with E-state index in [1.165, 1.54) is 4.88 Å². The lowest BCUT2D eigenvalue weighted by molar-refractivity contribution is 0.823. The van der Waals surface area contributed by atoms with Gasteiger partial charge in [0, 0.05) is 11.4 Å². The van der Waals surface area contributed by atoms with Gasteiger partial charge in [0.1, 0.15) is 0 Å². The molecule has 0 aromatic carbocycles. The first-order valence-electron chi connectivity index (χ1n) is 2.88. The fraction of sp³-hybridized carbons (Fsp3) is 0.500. The van der Waals surface area contributed by atoms with Crippen molar-refractivity contribution in [2.24, 2.45) is 0 Å². The number of nitrogens with zero attached hydrogens (tertiary/aromatic N) is 1. The summed E-state index contributed by atoms with van der Waals surface area (Å²) < 4.78 is 0. The predicted molar refractivity (Wildman–Crippen MR) is 39.6 cm³/mol. The maximum absolute atomic E-state index is 4.11. The Morgan fingerprint density at radius 1 is 1.78 bits per heavy atom. The number of thiazole rings is 1.